The maximum Gasteiger partial charge on any atom is 0.409 e. The Labute approximate surface area is 191 Å². The molecule has 1 atom stereocenters. The molecule has 0 spiro atoms. The minimum Gasteiger partial charge on any atom is -0.616 e. The van der Waals surface area contributed by atoms with Crippen LogP contribution in [0.2, 0.25) is 0 Å². The maximum atomic E-state index is 12.6. The van der Waals surface area contributed by atoms with Gasteiger partial charge in [-0.1, -0.05) is 19.1 Å². The number of hydrogen-bond donors (Lipinski definition) is 1. The van der Waals surface area contributed by atoms with Crippen LogP contribution in [0.1, 0.15) is 43.7 Å². The van der Waals surface area contributed by atoms with Gasteiger partial charge in [0.15, 0.2) is 11.5 Å². The lowest BCUT2D eigenvalue weighted by Crippen LogP contribution is -2.47. The highest BCUT2D eigenvalue weighted by Crippen LogP contribution is 2.23. The SMILES string of the molecule is CCOC(=O)N1CCC(NC(=O)C[S+]([O-])Cc2nc(-c3ccc(CC)cc3)oc2C)CC1. The number of hydrogen-bond acceptors (Lipinski definition) is 6. The Morgan fingerprint density at radius 2 is 1.94 bits per heavy atom. The van der Waals surface area contributed by atoms with Gasteiger partial charge in [-0.3, -0.25) is 4.79 Å². The molecule has 1 fully saturated rings. The first-order chi connectivity index (χ1) is 15.4. The highest BCUT2D eigenvalue weighted by Gasteiger charge is 2.26. The van der Waals surface area contributed by atoms with Gasteiger partial charge < -0.3 is 23.9 Å². The van der Waals surface area contributed by atoms with Crippen molar-refractivity contribution in [3.05, 3.63) is 41.3 Å². The lowest BCUT2D eigenvalue weighted by molar-refractivity contribution is -0.119. The number of amides is 2. The van der Waals surface area contributed by atoms with E-state index in [9.17, 15) is 14.1 Å². The molecule has 1 saturated heterocycles. The van der Waals surface area contributed by atoms with Gasteiger partial charge in [-0.25, -0.2) is 9.78 Å². The number of carbonyl (C=O) groups is 2. The number of piperidine rings is 1. The molecule has 1 aromatic heterocycles. The maximum absolute atomic E-state index is 12.6. The number of rotatable bonds is 8. The molecule has 1 aliphatic rings. The van der Waals surface area contributed by atoms with Crippen LogP contribution in [0.15, 0.2) is 28.7 Å². The monoisotopic (exact) mass is 461 g/mol. The summed E-state index contributed by atoms with van der Waals surface area (Å²) in [5.74, 6) is 0.922. The summed E-state index contributed by atoms with van der Waals surface area (Å²) in [6.45, 7) is 7.08. The predicted octanol–water partition coefficient (Wildman–Crippen LogP) is 3.20. The molecule has 0 saturated carbocycles. The molecule has 2 heterocycles. The van der Waals surface area contributed by atoms with E-state index in [1.165, 1.54) is 5.56 Å². The smallest absolute Gasteiger partial charge is 0.409 e. The van der Waals surface area contributed by atoms with Gasteiger partial charge in [-0.15, -0.1) is 0 Å². The Balaban J connectivity index is 1.47. The molecule has 9 heteroatoms. The van der Waals surface area contributed by atoms with E-state index in [4.69, 9.17) is 9.15 Å². The molecule has 174 valence electrons. The summed E-state index contributed by atoms with van der Waals surface area (Å²) < 4.78 is 23.3. The Morgan fingerprint density at radius 3 is 2.56 bits per heavy atom. The number of ether oxygens (including phenoxy) is 1. The van der Waals surface area contributed by atoms with Crippen molar-refractivity contribution in [1.29, 1.82) is 0 Å². The summed E-state index contributed by atoms with van der Waals surface area (Å²) in [7, 11) is 0. The van der Waals surface area contributed by atoms with Crippen LogP contribution < -0.4 is 5.32 Å². The van der Waals surface area contributed by atoms with Crippen LogP contribution in [0.4, 0.5) is 4.79 Å². The van der Waals surface area contributed by atoms with Crippen LogP contribution in [0.25, 0.3) is 11.5 Å². The minimum absolute atomic E-state index is 0.0309. The summed E-state index contributed by atoms with van der Waals surface area (Å²) in [6.07, 6.45) is 1.95. The van der Waals surface area contributed by atoms with E-state index in [1.54, 1.807) is 18.7 Å². The number of aromatic nitrogens is 1. The van der Waals surface area contributed by atoms with Gasteiger partial charge in [0.25, 0.3) is 5.91 Å². The number of oxazole rings is 1. The van der Waals surface area contributed by atoms with Crippen molar-refractivity contribution in [2.75, 3.05) is 25.4 Å². The fraction of sp³-hybridized carbons (Fsp3) is 0.522. The first-order valence-corrected chi connectivity index (χ1v) is 12.5. The number of benzene rings is 1. The van der Waals surface area contributed by atoms with Gasteiger partial charge in [0.2, 0.25) is 5.89 Å². The number of nitrogens with zero attached hydrogens (tertiary/aromatic N) is 2. The Hall–Kier alpha value is -2.52. The molecule has 8 nitrogen and oxygen atoms in total. The fourth-order valence-electron chi connectivity index (χ4n) is 3.61. The average Bonchev–Trinajstić information content (AvgIpc) is 3.14. The quantitative estimate of drug-likeness (QED) is 0.605. The van der Waals surface area contributed by atoms with E-state index in [1.807, 2.05) is 24.3 Å². The summed E-state index contributed by atoms with van der Waals surface area (Å²) in [5, 5.41) is 2.93. The van der Waals surface area contributed by atoms with Crippen molar-refractivity contribution in [2.24, 2.45) is 0 Å². The third-order valence-corrected chi connectivity index (χ3v) is 6.66. The van der Waals surface area contributed by atoms with E-state index in [-0.39, 0.29) is 29.5 Å². The molecule has 1 aliphatic heterocycles. The van der Waals surface area contributed by atoms with E-state index in [0.29, 0.717) is 49.9 Å². The molecular weight excluding hydrogens is 430 g/mol. The lowest BCUT2D eigenvalue weighted by Gasteiger charge is -2.31. The second-order valence-electron chi connectivity index (χ2n) is 7.83. The van der Waals surface area contributed by atoms with Gasteiger partial charge in [0.05, 0.1) is 6.61 Å². The van der Waals surface area contributed by atoms with Crippen LogP contribution >= 0.6 is 0 Å². The van der Waals surface area contributed by atoms with Gasteiger partial charge >= 0.3 is 6.09 Å². The number of aryl methyl sites for hydroxylation is 2. The molecule has 0 aliphatic carbocycles. The lowest BCUT2D eigenvalue weighted by atomic mass is 10.1. The summed E-state index contributed by atoms with van der Waals surface area (Å²) in [5.41, 5.74) is 2.71. The summed E-state index contributed by atoms with van der Waals surface area (Å²) in [6, 6.07) is 7.97. The van der Waals surface area contributed by atoms with E-state index < -0.39 is 11.2 Å². The normalized spacial score (nSPS) is 15.4. The Bertz CT molecular complexity index is 907. The van der Waals surface area contributed by atoms with Crippen molar-refractivity contribution in [1.82, 2.24) is 15.2 Å². The zero-order valence-corrected chi connectivity index (χ0v) is 19.7. The van der Waals surface area contributed by atoms with Crippen LogP contribution in [-0.4, -0.2) is 57.9 Å². The largest absolute Gasteiger partial charge is 0.616 e. The molecule has 2 amide bonds. The second-order valence-corrected chi connectivity index (χ2v) is 9.29. The van der Waals surface area contributed by atoms with Crippen molar-refractivity contribution in [3.8, 4) is 11.5 Å². The van der Waals surface area contributed by atoms with E-state index in [0.717, 1.165) is 12.0 Å². The summed E-state index contributed by atoms with van der Waals surface area (Å²) >= 11 is -1.40. The predicted molar refractivity (Wildman–Crippen MR) is 123 cm³/mol. The van der Waals surface area contributed by atoms with Gasteiger partial charge in [0.1, 0.15) is 11.5 Å². The Morgan fingerprint density at radius 1 is 1.25 bits per heavy atom. The topological polar surface area (TPSA) is 108 Å². The van der Waals surface area contributed by atoms with E-state index >= 15 is 0 Å². The molecule has 0 radical (unpaired) electrons. The minimum atomic E-state index is -1.40. The first-order valence-electron chi connectivity index (χ1n) is 11.0. The van der Waals surface area contributed by atoms with Crippen LogP contribution in [0.5, 0.6) is 0 Å². The van der Waals surface area contributed by atoms with Crippen molar-refractivity contribution < 1.29 is 23.3 Å². The zero-order chi connectivity index (χ0) is 23.1. The molecule has 2 aromatic rings. The second kappa shape index (κ2) is 11.4. The molecular formula is C23H31N3O5S. The van der Waals surface area contributed by atoms with Crippen molar-refractivity contribution >= 4 is 23.2 Å². The first kappa shape index (κ1) is 24.1. The Kier molecular flexibility index (Phi) is 8.58. The molecule has 1 aromatic carbocycles. The summed E-state index contributed by atoms with van der Waals surface area (Å²) in [4.78, 5) is 30.2. The number of carbonyl (C=O) groups excluding carboxylic acids is 2. The molecule has 32 heavy (non-hydrogen) atoms. The van der Waals surface area contributed by atoms with Gasteiger partial charge in [-0.2, -0.15) is 0 Å². The van der Waals surface area contributed by atoms with Crippen LogP contribution in [0, 0.1) is 6.92 Å². The number of likely N-dealkylation sites (tertiary alicyclic amines) is 1. The van der Waals surface area contributed by atoms with Gasteiger partial charge in [-0.05, 0) is 62.0 Å². The average molecular weight is 462 g/mol. The highest BCUT2D eigenvalue weighted by atomic mass is 32.2. The van der Waals surface area contributed by atoms with Gasteiger partial charge in [0, 0.05) is 24.7 Å². The van der Waals surface area contributed by atoms with Crippen molar-refractivity contribution in [3.63, 3.8) is 0 Å². The van der Waals surface area contributed by atoms with E-state index in [2.05, 4.69) is 17.2 Å². The fourth-order valence-corrected chi connectivity index (χ4v) is 4.66. The highest BCUT2D eigenvalue weighted by molar-refractivity contribution is 7.91. The molecule has 1 N–H and O–H groups in total. The van der Waals surface area contributed by atoms with Crippen LogP contribution in [0.3, 0.4) is 0 Å². The molecule has 0 bridgehead atoms. The number of nitrogens with one attached hydrogen (secondary N) is 1. The molecule has 1 unspecified atom stereocenters. The van der Waals surface area contributed by atoms with Crippen LogP contribution in [-0.2, 0) is 32.9 Å². The third-order valence-electron chi connectivity index (χ3n) is 5.48. The third kappa shape index (κ3) is 6.49. The molecule has 3 rings (SSSR count). The standard InChI is InChI=1S/C23H31N3O5S/c1-4-17-6-8-18(9-7-17)22-25-20(16(3)31-22)14-32(29)15-21(27)24-19-10-12-26(13-11-19)23(28)30-5-2/h6-9,19H,4-5,10-15H2,1-3H3,(H,24,27). The van der Waals surface area contributed by atoms with Crippen molar-refractivity contribution in [2.45, 2.75) is 51.8 Å². The zero-order valence-electron chi connectivity index (χ0n) is 18.9.